The van der Waals surface area contributed by atoms with Crippen molar-refractivity contribution in [1.82, 2.24) is 9.88 Å². The summed E-state index contributed by atoms with van der Waals surface area (Å²) < 4.78 is 0. The van der Waals surface area contributed by atoms with Crippen LogP contribution in [0.5, 0.6) is 0 Å². The van der Waals surface area contributed by atoms with Gasteiger partial charge in [0.15, 0.2) is 5.96 Å². The van der Waals surface area contributed by atoms with Crippen LogP contribution in [0.1, 0.15) is 62.1 Å². The number of benzene rings is 1. The van der Waals surface area contributed by atoms with E-state index >= 15 is 0 Å². The largest absolute Gasteiger partial charge is 0.369 e. The first-order chi connectivity index (χ1) is 13.8. The number of aromatic nitrogens is 1. The number of aliphatic imine (C=N–C) groups is 1. The molecule has 1 amide bonds. The minimum atomic E-state index is -0.581. The summed E-state index contributed by atoms with van der Waals surface area (Å²) in [6.07, 6.45) is 8.61. The average molecular weight is 389 g/mol. The van der Waals surface area contributed by atoms with Gasteiger partial charge in [-0.3, -0.25) is 14.7 Å². The minimum absolute atomic E-state index is 0.0314. The summed E-state index contributed by atoms with van der Waals surface area (Å²) in [7, 11) is 1.70. The van der Waals surface area contributed by atoms with E-state index in [1.807, 2.05) is 12.4 Å². The van der Waals surface area contributed by atoms with Crippen LogP contribution in [0, 0.1) is 5.41 Å². The molecule has 29 heavy (non-hydrogen) atoms. The second-order valence-electron chi connectivity index (χ2n) is 9.80. The van der Waals surface area contributed by atoms with Crippen molar-refractivity contribution in [3.05, 3.63) is 53.3 Å². The summed E-state index contributed by atoms with van der Waals surface area (Å²) in [5, 5.41) is 0. The molecule has 1 spiro atoms. The Kier molecular flexibility index (Phi) is 3.89. The molecule has 1 fully saturated rings. The van der Waals surface area contributed by atoms with Crippen molar-refractivity contribution >= 4 is 11.9 Å². The van der Waals surface area contributed by atoms with Crippen molar-refractivity contribution in [1.29, 1.82) is 0 Å². The van der Waals surface area contributed by atoms with E-state index in [1.165, 1.54) is 28.9 Å². The van der Waals surface area contributed by atoms with Gasteiger partial charge in [-0.05, 0) is 71.4 Å². The van der Waals surface area contributed by atoms with Crippen molar-refractivity contribution in [2.45, 2.75) is 57.4 Å². The summed E-state index contributed by atoms with van der Waals surface area (Å²) in [4.78, 5) is 23.6. The molecule has 0 radical (unpaired) electrons. The molecule has 2 N–H and O–H groups in total. The highest BCUT2D eigenvalue weighted by atomic mass is 16.2. The predicted octanol–water partition coefficient (Wildman–Crippen LogP) is 3.97. The number of hydrogen-bond acceptors (Lipinski definition) is 4. The van der Waals surface area contributed by atoms with Gasteiger partial charge in [-0.1, -0.05) is 26.0 Å². The van der Waals surface area contributed by atoms with Crippen LogP contribution in [-0.4, -0.2) is 28.8 Å². The highest BCUT2D eigenvalue weighted by Crippen LogP contribution is 2.51. The maximum absolute atomic E-state index is 12.7. The molecule has 3 aliphatic rings. The molecule has 1 saturated carbocycles. The third-order valence-electron chi connectivity index (χ3n) is 6.68. The third-order valence-corrected chi connectivity index (χ3v) is 6.68. The number of guanidine groups is 1. The quantitative estimate of drug-likeness (QED) is 0.846. The number of carbonyl (C=O) groups excluding carboxylic acids is 1. The first kappa shape index (κ1) is 18.3. The molecule has 1 unspecified atom stereocenters. The lowest BCUT2D eigenvalue weighted by atomic mass is 9.63. The molecule has 150 valence electrons. The molecular formula is C24H28N4O. The molecule has 5 rings (SSSR count). The molecule has 5 heteroatoms. The molecule has 5 nitrogen and oxygen atoms in total. The first-order valence-electron chi connectivity index (χ1n) is 10.5. The number of amides is 1. The molecule has 2 aromatic rings. The van der Waals surface area contributed by atoms with Crippen LogP contribution < -0.4 is 5.73 Å². The van der Waals surface area contributed by atoms with Crippen LogP contribution in [0.15, 0.2) is 41.7 Å². The van der Waals surface area contributed by atoms with Crippen LogP contribution in [0.3, 0.4) is 0 Å². The Morgan fingerprint density at radius 2 is 1.90 bits per heavy atom. The SMILES string of the molecule is CN1C(=O)CC2(CC(C)(C)Cc3ccc(-c4cncc(C5CC5)c4)cc32)N=C1N. The second kappa shape index (κ2) is 6.15. The zero-order valence-electron chi connectivity index (χ0n) is 17.4. The number of pyridine rings is 1. The Morgan fingerprint density at radius 1 is 1.10 bits per heavy atom. The van der Waals surface area contributed by atoms with E-state index in [2.05, 4.69) is 43.1 Å². The summed E-state index contributed by atoms with van der Waals surface area (Å²) in [6, 6.07) is 8.90. The van der Waals surface area contributed by atoms with Crippen molar-refractivity contribution in [3.8, 4) is 11.1 Å². The Labute approximate surface area is 172 Å². The average Bonchev–Trinajstić information content (AvgIpc) is 3.50. The lowest BCUT2D eigenvalue weighted by Gasteiger charge is -2.46. The van der Waals surface area contributed by atoms with Gasteiger partial charge in [0.1, 0.15) is 0 Å². The van der Waals surface area contributed by atoms with E-state index in [1.54, 1.807) is 7.05 Å². The van der Waals surface area contributed by atoms with Crippen molar-refractivity contribution < 1.29 is 4.79 Å². The maximum atomic E-state index is 12.7. The summed E-state index contributed by atoms with van der Waals surface area (Å²) in [5.74, 6) is 1.01. The van der Waals surface area contributed by atoms with Gasteiger partial charge < -0.3 is 5.73 Å². The summed E-state index contributed by atoms with van der Waals surface area (Å²) >= 11 is 0. The molecule has 1 atom stereocenters. The number of hydrogen-bond donors (Lipinski definition) is 1. The van der Waals surface area contributed by atoms with Crippen LogP contribution >= 0.6 is 0 Å². The summed E-state index contributed by atoms with van der Waals surface area (Å²) in [5.41, 5.74) is 11.7. The van der Waals surface area contributed by atoms with E-state index in [0.717, 1.165) is 29.5 Å². The van der Waals surface area contributed by atoms with E-state index < -0.39 is 5.54 Å². The number of rotatable bonds is 2. The van der Waals surface area contributed by atoms with E-state index in [4.69, 9.17) is 10.7 Å². The summed E-state index contributed by atoms with van der Waals surface area (Å²) in [6.45, 7) is 4.51. The number of carbonyl (C=O) groups is 1. The van der Waals surface area contributed by atoms with Gasteiger partial charge in [-0.2, -0.15) is 0 Å². The van der Waals surface area contributed by atoms with Gasteiger partial charge >= 0.3 is 0 Å². The lowest BCUT2D eigenvalue weighted by molar-refractivity contribution is -0.129. The minimum Gasteiger partial charge on any atom is -0.369 e. The molecule has 1 aliphatic heterocycles. The van der Waals surface area contributed by atoms with Crippen LogP contribution in [0.25, 0.3) is 11.1 Å². The van der Waals surface area contributed by atoms with Gasteiger partial charge in [0.2, 0.25) is 5.91 Å². The normalized spacial score (nSPS) is 25.7. The van der Waals surface area contributed by atoms with E-state index in [-0.39, 0.29) is 11.3 Å². The molecule has 0 saturated heterocycles. The lowest BCUT2D eigenvalue weighted by Crippen LogP contribution is -2.51. The molecule has 1 aromatic heterocycles. The van der Waals surface area contributed by atoms with E-state index in [0.29, 0.717) is 18.3 Å². The van der Waals surface area contributed by atoms with Crippen LogP contribution in [-0.2, 0) is 16.8 Å². The zero-order valence-corrected chi connectivity index (χ0v) is 17.4. The second-order valence-corrected chi connectivity index (χ2v) is 9.80. The molecule has 2 heterocycles. The zero-order chi connectivity index (χ0) is 20.4. The van der Waals surface area contributed by atoms with Crippen molar-refractivity contribution in [2.24, 2.45) is 16.1 Å². The van der Waals surface area contributed by atoms with Gasteiger partial charge in [0.05, 0.1) is 12.0 Å². The first-order valence-corrected chi connectivity index (χ1v) is 10.5. The third kappa shape index (κ3) is 3.13. The van der Waals surface area contributed by atoms with Crippen LogP contribution in [0.4, 0.5) is 0 Å². The van der Waals surface area contributed by atoms with Gasteiger partial charge in [0, 0.05) is 25.0 Å². The Bertz CT molecular complexity index is 1040. The standard InChI is InChI=1S/C24H28N4O/c1-23(2)10-17-7-6-16(19-8-18(12-26-13-19)15-4-5-15)9-20(17)24(14-23)11-21(29)28(3)22(25)27-24/h6-9,12-13,15H,4-5,10-11,14H2,1-3H3,(H2,25,27). The smallest absolute Gasteiger partial charge is 0.231 e. The number of nitrogens with two attached hydrogens (primary N) is 1. The molecule has 0 bridgehead atoms. The Hall–Kier alpha value is -2.69. The number of fused-ring (bicyclic) bond motifs is 2. The highest BCUT2D eigenvalue weighted by Gasteiger charge is 2.48. The topological polar surface area (TPSA) is 71.6 Å². The fourth-order valence-electron chi connectivity index (χ4n) is 5.15. The van der Waals surface area contributed by atoms with E-state index in [9.17, 15) is 4.79 Å². The van der Waals surface area contributed by atoms with Crippen LogP contribution in [0.2, 0.25) is 0 Å². The molecular weight excluding hydrogens is 360 g/mol. The monoisotopic (exact) mass is 388 g/mol. The Balaban J connectivity index is 1.65. The molecule has 1 aromatic carbocycles. The maximum Gasteiger partial charge on any atom is 0.231 e. The van der Waals surface area contributed by atoms with Crippen molar-refractivity contribution in [3.63, 3.8) is 0 Å². The number of nitrogens with zero attached hydrogens (tertiary/aromatic N) is 3. The Morgan fingerprint density at radius 3 is 2.62 bits per heavy atom. The predicted molar refractivity (Wildman–Crippen MR) is 114 cm³/mol. The van der Waals surface area contributed by atoms with Gasteiger partial charge in [-0.15, -0.1) is 0 Å². The highest BCUT2D eigenvalue weighted by molar-refractivity contribution is 5.99. The van der Waals surface area contributed by atoms with Gasteiger partial charge in [0.25, 0.3) is 0 Å². The fraction of sp³-hybridized carbons (Fsp3) is 0.458. The molecule has 2 aliphatic carbocycles. The fourth-order valence-corrected chi connectivity index (χ4v) is 5.15. The van der Waals surface area contributed by atoms with Gasteiger partial charge in [-0.25, -0.2) is 4.99 Å². The van der Waals surface area contributed by atoms with Crippen molar-refractivity contribution in [2.75, 3.05) is 7.05 Å².